The van der Waals surface area contributed by atoms with Crippen molar-refractivity contribution in [2.24, 2.45) is 0 Å². The van der Waals surface area contributed by atoms with E-state index in [2.05, 4.69) is 14.9 Å². The van der Waals surface area contributed by atoms with Gasteiger partial charge in [-0.3, -0.25) is 4.90 Å². The molecule has 122 valence electrons. The molecule has 2 aromatic rings. The predicted molar refractivity (Wildman–Crippen MR) is 92.8 cm³/mol. The van der Waals surface area contributed by atoms with Gasteiger partial charge in [0.15, 0.2) is 11.6 Å². The summed E-state index contributed by atoms with van der Waals surface area (Å²) in [6.45, 7) is 4.04. The number of aromatic nitrogens is 2. The highest BCUT2D eigenvalue weighted by Gasteiger charge is 2.09. The second-order valence-electron chi connectivity index (χ2n) is 5.83. The van der Waals surface area contributed by atoms with Gasteiger partial charge in [0.2, 0.25) is 0 Å². The molecule has 0 unspecified atom stereocenters. The van der Waals surface area contributed by atoms with Crippen molar-refractivity contribution in [3.8, 4) is 17.1 Å². The van der Waals surface area contributed by atoms with Crippen LogP contribution in [0.25, 0.3) is 11.4 Å². The first-order valence-electron chi connectivity index (χ1n) is 8.17. The standard InChI is InChI=1S/C18H22ClN3O/c19-12-15-5-4-6-16(11-15)18-20-13-17(14-21-18)23-10-9-22-7-2-1-3-8-22/h4-6,11,13-14H,1-3,7-10,12H2. The van der Waals surface area contributed by atoms with E-state index < -0.39 is 0 Å². The highest BCUT2D eigenvalue weighted by atomic mass is 35.5. The summed E-state index contributed by atoms with van der Waals surface area (Å²) in [4.78, 5) is 11.2. The monoisotopic (exact) mass is 331 g/mol. The maximum absolute atomic E-state index is 5.87. The molecule has 23 heavy (non-hydrogen) atoms. The van der Waals surface area contributed by atoms with E-state index in [0.717, 1.165) is 23.4 Å². The SMILES string of the molecule is ClCc1cccc(-c2ncc(OCCN3CCCCC3)cn2)c1. The number of alkyl halides is 1. The fraction of sp³-hybridized carbons (Fsp3) is 0.444. The van der Waals surface area contributed by atoms with Gasteiger partial charge in [-0.15, -0.1) is 11.6 Å². The lowest BCUT2D eigenvalue weighted by Crippen LogP contribution is -2.33. The molecule has 5 heteroatoms. The lowest BCUT2D eigenvalue weighted by Gasteiger charge is -2.26. The van der Waals surface area contributed by atoms with Crippen LogP contribution >= 0.6 is 11.6 Å². The van der Waals surface area contributed by atoms with Gasteiger partial charge in [-0.2, -0.15) is 0 Å². The first-order valence-corrected chi connectivity index (χ1v) is 8.71. The largest absolute Gasteiger partial charge is 0.489 e. The molecule has 0 amide bonds. The summed E-state index contributed by atoms with van der Waals surface area (Å²) >= 11 is 5.87. The summed E-state index contributed by atoms with van der Waals surface area (Å²) in [6.07, 6.45) is 7.45. The van der Waals surface area contributed by atoms with Crippen molar-refractivity contribution in [2.75, 3.05) is 26.2 Å². The Morgan fingerprint density at radius 3 is 2.61 bits per heavy atom. The van der Waals surface area contributed by atoms with Gasteiger partial charge in [-0.1, -0.05) is 24.6 Å². The highest BCUT2D eigenvalue weighted by molar-refractivity contribution is 6.17. The van der Waals surface area contributed by atoms with Crippen LogP contribution in [0.4, 0.5) is 0 Å². The number of hydrogen-bond donors (Lipinski definition) is 0. The number of piperidine rings is 1. The Labute approximate surface area is 142 Å². The zero-order chi connectivity index (χ0) is 15.9. The molecule has 0 bridgehead atoms. The van der Waals surface area contributed by atoms with E-state index in [1.807, 2.05) is 24.3 Å². The number of rotatable bonds is 6. The van der Waals surface area contributed by atoms with Crippen molar-refractivity contribution in [3.05, 3.63) is 42.2 Å². The van der Waals surface area contributed by atoms with E-state index in [9.17, 15) is 0 Å². The fourth-order valence-corrected chi connectivity index (χ4v) is 2.98. The number of likely N-dealkylation sites (tertiary alicyclic amines) is 1. The lowest BCUT2D eigenvalue weighted by atomic mass is 10.1. The molecule has 1 aromatic carbocycles. The van der Waals surface area contributed by atoms with Crippen LogP contribution in [0, 0.1) is 0 Å². The summed E-state index contributed by atoms with van der Waals surface area (Å²) in [6, 6.07) is 7.97. The molecule has 0 radical (unpaired) electrons. The molecule has 4 nitrogen and oxygen atoms in total. The van der Waals surface area contributed by atoms with Crippen molar-refractivity contribution < 1.29 is 4.74 Å². The van der Waals surface area contributed by atoms with Gasteiger partial charge in [0.1, 0.15) is 6.61 Å². The second kappa shape index (κ2) is 8.27. The van der Waals surface area contributed by atoms with Crippen LogP contribution in [-0.2, 0) is 5.88 Å². The number of halogens is 1. The van der Waals surface area contributed by atoms with Crippen LogP contribution in [-0.4, -0.2) is 41.1 Å². The molecule has 1 aliphatic heterocycles. The predicted octanol–water partition coefficient (Wildman–Crippen LogP) is 3.75. The summed E-state index contributed by atoms with van der Waals surface area (Å²) in [5, 5.41) is 0. The second-order valence-corrected chi connectivity index (χ2v) is 6.09. The van der Waals surface area contributed by atoms with Crippen molar-refractivity contribution >= 4 is 11.6 Å². The third-order valence-corrected chi connectivity index (χ3v) is 4.40. The molecule has 1 aromatic heterocycles. The molecular weight excluding hydrogens is 310 g/mol. The maximum Gasteiger partial charge on any atom is 0.159 e. The summed E-state index contributed by atoms with van der Waals surface area (Å²) in [7, 11) is 0. The highest BCUT2D eigenvalue weighted by Crippen LogP contribution is 2.19. The quantitative estimate of drug-likeness (QED) is 0.756. The molecule has 1 saturated heterocycles. The molecule has 3 rings (SSSR count). The van der Waals surface area contributed by atoms with Crippen LogP contribution in [0.3, 0.4) is 0 Å². The number of nitrogens with zero attached hydrogens (tertiary/aromatic N) is 3. The van der Waals surface area contributed by atoms with Crippen molar-refractivity contribution in [1.82, 2.24) is 14.9 Å². The van der Waals surface area contributed by atoms with E-state index in [-0.39, 0.29) is 0 Å². The fourth-order valence-electron chi connectivity index (χ4n) is 2.81. The molecule has 0 atom stereocenters. The van der Waals surface area contributed by atoms with Gasteiger partial charge in [0.05, 0.1) is 12.4 Å². The van der Waals surface area contributed by atoms with Crippen LogP contribution in [0.1, 0.15) is 24.8 Å². The Balaban J connectivity index is 1.54. The normalized spacial score (nSPS) is 15.5. The van der Waals surface area contributed by atoms with E-state index in [1.54, 1.807) is 12.4 Å². The third-order valence-electron chi connectivity index (χ3n) is 4.09. The minimum atomic E-state index is 0.492. The average molecular weight is 332 g/mol. The number of hydrogen-bond acceptors (Lipinski definition) is 4. The molecule has 1 aliphatic rings. The van der Waals surface area contributed by atoms with Gasteiger partial charge in [-0.05, 0) is 37.6 Å². The maximum atomic E-state index is 5.87. The molecular formula is C18H22ClN3O. The van der Waals surface area contributed by atoms with Crippen molar-refractivity contribution in [3.63, 3.8) is 0 Å². The topological polar surface area (TPSA) is 38.2 Å². The van der Waals surface area contributed by atoms with E-state index in [4.69, 9.17) is 16.3 Å². The Morgan fingerprint density at radius 1 is 1.09 bits per heavy atom. The summed E-state index contributed by atoms with van der Waals surface area (Å²) in [5.74, 6) is 1.91. The van der Waals surface area contributed by atoms with Crippen LogP contribution in [0.5, 0.6) is 5.75 Å². The Hall–Kier alpha value is -1.65. The van der Waals surface area contributed by atoms with E-state index in [0.29, 0.717) is 18.3 Å². The summed E-state index contributed by atoms with van der Waals surface area (Å²) < 4.78 is 5.76. The van der Waals surface area contributed by atoms with Gasteiger partial charge < -0.3 is 4.74 Å². The minimum Gasteiger partial charge on any atom is -0.489 e. The van der Waals surface area contributed by atoms with Gasteiger partial charge in [0.25, 0.3) is 0 Å². The van der Waals surface area contributed by atoms with Crippen LogP contribution in [0.15, 0.2) is 36.7 Å². The van der Waals surface area contributed by atoms with Crippen LogP contribution in [0.2, 0.25) is 0 Å². The first kappa shape index (κ1) is 16.2. The van der Waals surface area contributed by atoms with Crippen molar-refractivity contribution in [2.45, 2.75) is 25.1 Å². The molecule has 0 N–H and O–H groups in total. The molecule has 1 fully saturated rings. The molecule has 0 spiro atoms. The van der Waals surface area contributed by atoms with Gasteiger partial charge in [-0.25, -0.2) is 9.97 Å². The molecule has 2 heterocycles. The lowest BCUT2D eigenvalue weighted by molar-refractivity contribution is 0.183. The number of ether oxygens (including phenoxy) is 1. The van der Waals surface area contributed by atoms with Crippen LogP contribution < -0.4 is 4.74 Å². The van der Waals surface area contributed by atoms with Gasteiger partial charge in [0, 0.05) is 18.0 Å². The van der Waals surface area contributed by atoms with E-state index >= 15 is 0 Å². The van der Waals surface area contributed by atoms with Crippen molar-refractivity contribution in [1.29, 1.82) is 0 Å². The Morgan fingerprint density at radius 2 is 1.87 bits per heavy atom. The Bertz CT molecular complexity index is 612. The average Bonchev–Trinajstić information content (AvgIpc) is 2.63. The molecule has 0 saturated carbocycles. The minimum absolute atomic E-state index is 0.492. The van der Waals surface area contributed by atoms with E-state index in [1.165, 1.54) is 32.4 Å². The van der Waals surface area contributed by atoms with Gasteiger partial charge >= 0.3 is 0 Å². The zero-order valence-corrected chi connectivity index (χ0v) is 14.0. The molecule has 0 aliphatic carbocycles. The zero-order valence-electron chi connectivity index (χ0n) is 13.2. The smallest absolute Gasteiger partial charge is 0.159 e. The third kappa shape index (κ3) is 4.66. The first-order chi connectivity index (χ1) is 11.3. The number of benzene rings is 1. The Kier molecular flexibility index (Phi) is 5.83. The summed E-state index contributed by atoms with van der Waals surface area (Å²) in [5.41, 5.74) is 2.04.